The minimum atomic E-state index is -1.39. The van der Waals surface area contributed by atoms with Crippen LogP contribution in [0.15, 0.2) is 47.8 Å². The first kappa shape index (κ1) is 36.0. The number of cyclic esters (lactones) is 2. The lowest BCUT2D eigenvalue weighted by Crippen LogP contribution is -2.47. The highest BCUT2D eigenvalue weighted by Gasteiger charge is 2.43. The first-order chi connectivity index (χ1) is 21.1. The Morgan fingerprint density at radius 2 is 1.62 bits per heavy atom. The van der Waals surface area contributed by atoms with E-state index in [9.17, 15) is 9.59 Å². The molecule has 1 saturated heterocycles. The van der Waals surface area contributed by atoms with Crippen LogP contribution in [0.5, 0.6) is 11.5 Å². The summed E-state index contributed by atoms with van der Waals surface area (Å²) in [5.74, 6) is -0.743. The van der Waals surface area contributed by atoms with Gasteiger partial charge in [-0.3, -0.25) is 0 Å². The Kier molecular flexibility index (Phi) is 12.5. The zero-order valence-corrected chi connectivity index (χ0v) is 29.8. The lowest BCUT2D eigenvalue weighted by molar-refractivity contribution is -0.222. The number of methoxy groups -OCH3 is 2. The van der Waals surface area contributed by atoms with Crippen molar-refractivity contribution in [3.63, 3.8) is 0 Å². The van der Waals surface area contributed by atoms with Gasteiger partial charge in [0.2, 0.25) is 9.04 Å². The molecule has 0 aliphatic carbocycles. The maximum Gasteiger partial charge on any atom is 0.352 e. The first-order valence-corrected chi connectivity index (χ1v) is 18.0. The Balaban J connectivity index is 2.28. The summed E-state index contributed by atoms with van der Waals surface area (Å²) < 4.78 is 28.6. The number of rotatable bonds is 15. The molecule has 0 bridgehead atoms. The summed E-state index contributed by atoms with van der Waals surface area (Å²) in [6, 6.07) is 11.6. The van der Waals surface area contributed by atoms with Crippen LogP contribution in [-0.2, 0) is 36.5 Å². The highest BCUT2D eigenvalue weighted by Crippen LogP contribution is 2.35. The summed E-state index contributed by atoms with van der Waals surface area (Å²) in [7, 11) is 2.10. The number of aryl methyl sites for hydroxylation is 1. The molecule has 0 aromatic heterocycles. The van der Waals surface area contributed by atoms with Crippen molar-refractivity contribution < 1.29 is 33.0 Å². The number of nitrogens with zero attached hydrogens (tertiary/aromatic N) is 1. The van der Waals surface area contributed by atoms with Gasteiger partial charge >= 0.3 is 11.9 Å². The van der Waals surface area contributed by atoms with Gasteiger partial charge in [-0.2, -0.15) is 0 Å². The molecule has 1 atom stereocenters. The molecular weight excluding hydrogens is 588 g/mol. The van der Waals surface area contributed by atoms with Gasteiger partial charge in [0, 0.05) is 26.5 Å². The first-order valence-electron chi connectivity index (χ1n) is 15.6. The molecule has 2 aromatic carbocycles. The van der Waals surface area contributed by atoms with Gasteiger partial charge in [0.15, 0.2) is 5.57 Å². The highest BCUT2D eigenvalue weighted by molar-refractivity contribution is 6.48. The molecule has 1 N–H and O–H groups in total. The number of benzene rings is 2. The fraction of sp³-hybridized carbons (Fsp3) is 0.543. The number of carbonyl (C=O) groups excluding carboxylic acids is 2. The van der Waals surface area contributed by atoms with Gasteiger partial charge in [-0.1, -0.05) is 45.9 Å². The zero-order valence-electron chi connectivity index (χ0n) is 28.8. The summed E-state index contributed by atoms with van der Waals surface area (Å²) in [5, 5.41) is 3.40. The fourth-order valence-corrected chi connectivity index (χ4v) is 5.88. The maximum absolute atomic E-state index is 13.7. The second-order valence-electron chi connectivity index (χ2n) is 13.1. The van der Waals surface area contributed by atoms with Crippen molar-refractivity contribution in [3.05, 3.63) is 64.5 Å². The van der Waals surface area contributed by atoms with Crippen molar-refractivity contribution in [2.75, 3.05) is 26.1 Å². The van der Waals surface area contributed by atoms with Crippen LogP contribution in [-0.4, -0.2) is 58.5 Å². The van der Waals surface area contributed by atoms with Crippen LogP contribution >= 0.6 is 0 Å². The topological polar surface area (TPSA) is 95.6 Å². The molecule has 0 amide bonds. The van der Waals surface area contributed by atoms with E-state index in [1.807, 2.05) is 0 Å². The third-order valence-electron chi connectivity index (χ3n) is 7.41. The lowest BCUT2D eigenvalue weighted by Gasteiger charge is -2.39. The van der Waals surface area contributed by atoms with Crippen molar-refractivity contribution in [1.29, 1.82) is 0 Å². The fourth-order valence-electron chi connectivity index (χ4n) is 5.35. The Labute approximate surface area is 270 Å². The monoisotopic (exact) mass is 639 g/mol. The van der Waals surface area contributed by atoms with Gasteiger partial charge in [-0.05, 0) is 73.5 Å². The quantitative estimate of drug-likeness (QED) is 0.0971. The predicted octanol–water partition coefficient (Wildman–Crippen LogP) is 6.85. The normalized spacial score (nSPS) is 15.2. The predicted molar refractivity (Wildman–Crippen MR) is 178 cm³/mol. The van der Waals surface area contributed by atoms with Gasteiger partial charge < -0.3 is 33.6 Å². The molecule has 1 radical (unpaired) electrons. The Morgan fingerprint density at radius 1 is 0.956 bits per heavy atom. The molecule has 1 fully saturated rings. The van der Waals surface area contributed by atoms with E-state index in [0.29, 0.717) is 42.2 Å². The molecule has 1 aliphatic heterocycles. The summed E-state index contributed by atoms with van der Waals surface area (Å²) in [6.45, 7) is 18.9. The largest absolute Gasteiger partial charge is 0.497 e. The molecule has 45 heavy (non-hydrogen) atoms. The van der Waals surface area contributed by atoms with Gasteiger partial charge in [0.05, 0.1) is 32.6 Å². The van der Waals surface area contributed by atoms with Crippen molar-refractivity contribution in [3.8, 4) is 11.5 Å². The van der Waals surface area contributed by atoms with Crippen LogP contribution in [0.2, 0.25) is 13.1 Å². The third kappa shape index (κ3) is 9.99. The van der Waals surface area contributed by atoms with E-state index >= 15 is 0 Å². The van der Waals surface area contributed by atoms with Crippen LogP contribution in [0.4, 0.5) is 5.69 Å². The van der Waals surface area contributed by atoms with Crippen LogP contribution in [0, 0.1) is 18.8 Å². The van der Waals surface area contributed by atoms with Crippen LogP contribution in [0.3, 0.4) is 0 Å². The average Bonchev–Trinajstić information content (AvgIpc) is 2.93. The molecule has 10 heteroatoms. The summed E-state index contributed by atoms with van der Waals surface area (Å²) in [4.78, 5) is 29.4. The van der Waals surface area contributed by atoms with Gasteiger partial charge in [-0.25, -0.2) is 9.59 Å². The smallest absolute Gasteiger partial charge is 0.352 e. The minimum absolute atomic E-state index is 0.200. The molecule has 9 nitrogen and oxygen atoms in total. The van der Waals surface area contributed by atoms with E-state index in [0.717, 1.165) is 24.0 Å². The van der Waals surface area contributed by atoms with E-state index in [4.69, 9.17) is 23.4 Å². The second kappa shape index (κ2) is 15.7. The van der Waals surface area contributed by atoms with Gasteiger partial charge in [0.25, 0.3) is 5.79 Å². The molecule has 2 aromatic rings. The zero-order chi connectivity index (χ0) is 33.5. The average molecular weight is 640 g/mol. The summed E-state index contributed by atoms with van der Waals surface area (Å²) >= 11 is 0. The van der Waals surface area contributed by atoms with Gasteiger partial charge in [-0.15, -0.1) is 0 Å². The maximum atomic E-state index is 13.7. The Bertz CT molecular complexity index is 1350. The molecule has 1 unspecified atom stereocenters. The van der Waals surface area contributed by atoms with Crippen molar-refractivity contribution in [1.82, 2.24) is 4.90 Å². The molecular formula is C35H51N2O7Si. The van der Waals surface area contributed by atoms with Crippen molar-refractivity contribution in [2.45, 2.75) is 92.8 Å². The van der Waals surface area contributed by atoms with E-state index in [-0.39, 0.29) is 17.4 Å². The minimum Gasteiger partial charge on any atom is -0.497 e. The standard InChI is InChI=1S/C35H51N2O7Si/c1-22(2)16-25-12-13-26(24(5)18-25)20-37(27(17-23(3)4)21-42-45(10)11)32(31-33(38)43-35(6,7)44-34(31)39)36-29-15-14-28(40-8)19-30(29)41-9/h12-15,18-19,22-23,27,36H,16-17,20-21H2,1-11H3. The van der Waals surface area contributed by atoms with Crippen LogP contribution in [0.25, 0.3) is 0 Å². The number of hydrogen-bond donors (Lipinski definition) is 1. The number of carbonyl (C=O) groups is 2. The molecule has 0 spiro atoms. The number of esters is 2. The van der Waals surface area contributed by atoms with E-state index < -0.39 is 26.8 Å². The molecule has 247 valence electrons. The van der Waals surface area contributed by atoms with E-state index in [2.05, 4.69) is 76.1 Å². The lowest BCUT2D eigenvalue weighted by atomic mass is 9.97. The Morgan fingerprint density at radius 3 is 2.16 bits per heavy atom. The highest BCUT2D eigenvalue weighted by atomic mass is 28.3. The van der Waals surface area contributed by atoms with E-state index in [1.165, 1.54) is 5.56 Å². The molecule has 3 rings (SSSR count). The van der Waals surface area contributed by atoms with Crippen molar-refractivity contribution >= 4 is 26.7 Å². The SMILES string of the molecule is COc1ccc(NC(=C2C(=O)OC(C)(C)OC2=O)N(Cc2ccc(CC(C)C)cc2C)C(CO[Si](C)C)CC(C)C)c(OC)c1. The molecule has 1 aliphatic rings. The van der Waals surface area contributed by atoms with E-state index in [1.54, 1.807) is 46.3 Å². The molecule has 0 saturated carbocycles. The summed E-state index contributed by atoms with van der Waals surface area (Å²) in [5.41, 5.74) is 3.79. The van der Waals surface area contributed by atoms with Gasteiger partial charge in [0.1, 0.15) is 17.3 Å². The third-order valence-corrected chi connectivity index (χ3v) is 8.16. The number of ether oxygens (including phenoxy) is 4. The number of hydrogen-bond acceptors (Lipinski definition) is 9. The second-order valence-corrected chi connectivity index (χ2v) is 15.2. The molecule has 1 heterocycles. The van der Waals surface area contributed by atoms with Crippen LogP contribution in [0.1, 0.15) is 64.7 Å². The van der Waals surface area contributed by atoms with Crippen molar-refractivity contribution in [2.24, 2.45) is 11.8 Å². The number of anilines is 1. The van der Waals surface area contributed by atoms with Crippen LogP contribution < -0.4 is 14.8 Å². The number of nitrogens with one attached hydrogen (secondary N) is 1. The Hall–Kier alpha value is -3.50. The summed E-state index contributed by atoms with van der Waals surface area (Å²) in [6.07, 6.45) is 1.72.